The van der Waals surface area contributed by atoms with Gasteiger partial charge in [-0.05, 0) is 44.2 Å². The number of carbonyl (C=O) groups is 1. The number of carbonyl (C=O) groups excluding carboxylic acids is 1. The molecule has 1 amide bonds. The Kier molecular flexibility index (Phi) is 4.21. The number of nitrogens with zero attached hydrogens (tertiary/aromatic N) is 2. The summed E-state index contributed by atoms with van der Waals surface area (Å²) < 4.78 is 12.3. The van der Waals surface area contributed by atoms with Crippen LogP contribution in [0, 0.1) is 12.8 Å². The van der Waals surface area contributed by atoms with E-state index in [9.17, 15) is 4.79 Å². The molecule has 1 saturated carbocycles. The van der Waals surface area contributed by atoms with Gasteiger partial charge >= 0.3 is 0 Å². The van der Waals surface area contributed by atoms with Crippen molar-refractivity contribution in [1.82, 2.24) is 9.88 Å². The summed E-state index contributed by atoms with van der Waals surface area (Å²) in [6.07, 6.45) is 7.75. The largest absolute Gasteiger partial charge is 0.474 e. The van der Waals surface area contributed by atoms with Gasteiger partial charge in [0.2, 0.25) is 11.8 Å². The van der Waals surface area contributed by atoms with Crippen molar-refractivity contribution in [1.29, 1.82) is 0 Å². The van der Waals surface area contributed by atoms with E-state index >= 15 is 0 Å². The zero-order chi connectivity index (χ0) is 16.6. The van der Waals surface area contributed by atoms with Crippen LogP contribution in [-0.4, -0.2) is 47.2 Å². The summed E-state index contributed by atoms with van der Waals surface area (Å²) in [4.78, 5) is 18.6. The highest BCUT2D eigenvalue weighted by molar-refractivity contribution is 5.81. The van der Waals surface area contributed by atoms with Gasteiger partial charge in [-0.2, -0.15) is 0 Å². The quantitative estimate of drug-likeness (QED) is 0.855. The first-order valence-electron chi connectivity index (χ1n) is 9.16. The van der Waals surface area contributed by atoms with E-state index in [1.54, 1.807) is 6.20 Å². The van der Waals surface area contributed by atoms with Crippen LogP contribution < -0.4 is 4.74 Å². The number of aryl methyl sites for hydroxylation is 1. The van der Waals surface area contributed by atoms with Crippen molar-refractivity contribution in [3.05, 3.63) is 23.9 Å². The topological polar surface area (TPSA) is 51.7 Å². The van der Waals surface area contributed by atoms with Crippen LogP contribution in [0.15, 0.2) is 18.3 Å². The van der Waals surface area contributed by atoms with E-state index in [0.717, 1.165) is 63.8 Å². The molecule has 5 nitrogen and oxygen atoms in total. The number of piperidine rings is 1. The second-order valence-corrected chi connectivity index (χ2v) is 7.54. The number of hydrogen-bond acceptors (Lipinski definition) is 4. The molecular weight excluding hydrogens is 304 g/mol. The molecular formula is C19H26N2O3. The second-order valence-electron chi connectivity index (χ2n) is 7.54. The minimum Gasteiger partial charge on any atom is -0.474 e. The number of aromatic nitrogens is 1. The van der Waals surface area contributed by atoms with Gasteiger partial charge in [-0.15, -0.1) is 0 Å². The zero-order valence-corrected chi connectivity index (χ0v) is 14.4. The van der Waals surface area contributed by atoms with Gasteiger partial charge in [0.25, 0.3) is 0 Å². The predicted octanol–water partition coefficient (Wildman–Crippen LogP) is 2.72. The molecule has 4 rings (SSSR count). The van der Waals surface area contributed by atoms with Gasteiger partial charge in [0.1, 0.15) is 6.10 Å². The number of amides is 1. The molecule has 1 unspecified atom stereocenters. The van der Waals surface area contributed by atoms with E-state index in [2.05, 4.69) is 4.98 Å². The van der Waals surface area contributed by atoms with Gasteiger partial charge in [0.15, 0.2) is 0 Å². The maximum absolute atomic E-state index is 12.2. The summed E-state index contributed by atoms with van der Waals surface area (Å²) in [6.45, 7) is 4.43. The zero-order valence-electron chi connectivity index (χ0n) is 14.4. The third-order valence-electron chi connectivity index (χ3n) is 5.54. The monoisotopic (exact) mass is 330 g/mol. The molecule has 1 atom stereocenters. The van der Waals surface area contributed by atoms with Gasteiger partial charge in [-0.3, -0.25) is 4.79 Å². The van der Waals surface area contributed by atoms with Crippen LogP contribution in [0.25, 0.3) is 0 Å². The van der Waals surface area contributed by atoms with Crippen LogP contribution in [0.5, 0.6) is 5.88 Å². The molecule has 3 heterocycles. The average molecular weight is 330 g/mol. The lowest BCUT2D eigenvalue weighted by atomic mass is 9.83. The summed E-state index contributed by atoms with van der Waals surface area (Å²) >= 11 is 0. The fourth-order valence-corrected chi connectivity index (χ4v) is 3.90. The van der Waals surface area contributed by atoms with Gasteiger partial charge in [0.05, 0.1) is 12.2 Å². The van der Waals surface area contributed by atoms with Crippen molar-refractivity contribution in [2.45, 2.75) is 57.2 Å². The molecule has 1 aromatic rings. The molecule has 1 aliphatic carbocycles. The number of likely N-dealkylation sites (tertiary alicyclic amines) is 1. The lowest BCUT2D eigenvalue weighted by molar-refractivity contribution is -0.152. The molecule has 24 heavy (non-hydrogen) atoms. The van der Waals surface area contributed by atoms with E-state index in [1.165, 1.54) is 0 Å². The van der Waals surface area contributed by atoms with Gasteiger partial charge < -0.3 is 14.4 Å². The van der Waals surface area contributed by atoms with Crippen molar-refractivity contribution in [3.8, 4) is 5.88 Å². The van der Waals surface area contributed by atoms with Crippen molar-refractivity contribution in [3.63, 3.8) is 0 Å². The van der Waals surface area contributed by atoms with Gasteiger partial charge in [0, 0.05) is 44.1 Å². The van der Waals surface area contributed by atoms with Crippen LogP contribution in [0.3, 0.4) is 0 Å². The first-order chi connectivity index (χ1) is 11.6. The third kappa shape index (κ3) is 3.41. The Bertz CT molecular complexity index is 606. The summed E-state index contributed by atoms with van der Waals surface area (Å²) in [7, 11) is 0. The Morgan fingerprint density at radius 3 is 2.83 bits per heavy atom. The maximum Gasteiger partial charge on any atom is 0.225 e. The van der Waals surface area contributed by atoms with Crippen LogP contribution in [0.1, 0.15) is 44.1 Å². The first kappa shape index (κ1) is 15.9. The molecule has 0 N–H and O–H groups in total. The molecule has 130 valence electrons. The predicted molar refractivity (Wildman–Crippen MR) is 89.8 cm³/mol. The molecule has 2 aliphatic heterocycles. The van der Waals surface area contributed by atoms with Gasteiger partial charge in [-0.25, -0.2) is 4.98 Å². The van der Waals surface area contributed by atoms with E-state index in [-0.39, 0.29) is 11.7 Å². The normalized spacial score (nSPS) is 26.4. The molecule has 1 spiro atoms. The van der Waals surface area contributed by atoms with E-state index in [0.29, 0.717) is 17.7 Å². The molecule has 0 bridgehead atoms. The number of ether oxygens (including phenoxy) is 2. The molecule has 2 saturated heterocycles. The second kappa shape index (κ2) is 6.36. The Morgan fingerprint density at radius 1 is 1.33 bits per heavy atom. The first-order valence-corrected chi connectivity index (χ1v) is 9.16. The Labute approximate surface area is 143 Å². The van der Waals surface area contributed by atoms with Crippen molar-refractivity contribution in [2.24, 2.45) is 5.92 Å². The summed E-state index contributed by atoms with van der Waals surface area (Å²) in [5.41, 5.74) is 1.04. The Hall–Kier alpha value is -1.62. The Balaban J connectivity index is 1.35. The molecule has 0 radical (unpaired) electrons. The standard InChI is InChI=1S/C19H26N2O3/c1-14-4-8-20-17(12-14)24-16-5-11-23-19(13-16)6-9-21(10-7-19)18(22)15-2-3-15/h4,8,12,15-16H,2-3,5-7,9-11,13H2,1H3. The highest BCUT2D eigenvalue weighted by atomic mass is 16.5. The molecule has 5 heteroatoms. The average Bonchev–Trinajstić information content (AvgIpc) is 3.40. The number of hydrogen-bond donors (Lipinski definition) is 0. The molecule has 0 aromatic carbocycles. The highest BCUT2D eigenvalue weighted by Crippen LogP contribution is 2.38. The van der Waals surface area contributed by atoms with E-state index < -0.39 is 0 Å². The lowest BCUT2D eigenvalue weighted by Gasteiger charge is -2.46. The number of pyridine rings is 1. The Morgan fingerprint density at radius 2 is 2.12 bits per heavy atom. The summed E-state index contributed by atoms with van der Waals surface area (Å²) in [6, 6.07) is 3.96. The van der Waals surface area contributed by atoms with Gasteiger partial charge in [-0.1, -0.05) is 0 Å². The molecule has 1 aromatic heterocycles. The summed E-state index contributed by atoms with van der Waals surface area (Å²) in [5, 5.41) is 0. The highest BCUT2D eigenvalue weighted by Gasteiger charge is 2.43. The third-order valence-corrected chi connectivity index (χ3v) is 5.54. The van der Waals surface area contributed by atoms with Crippen molar-refractivity contribution >= 4 is 5.91 Å². The fraction of sp³-hybridized carbons (Fsp3) is 0.684. The SMILES string of the molecule is Cc1ccnc(OC2CCOC3(CCN(C(=O)C4CC4)CC3)C2)c1. The van der Waals surface area contributed by atoms with Crippen LogP contribution in [-0.2, 0) is 9.53 Å². The molecule has 3 fully saturated rings. The molecule has 3 aliphatic rings. The minimum atomic E-state index is -0.118. The smallest absolute Gasteiger partial charge is 0.225 e. The van der Waals surface area contributed by atoms with Crippen LogP contribution in [0.2, 0.25) is 0 Å². The van der Waals surface area contributed by atoms with E-state index in [1.807, 2.05) is 24.0 Å². The lowest BCUT2D eigenvalue weighted by Crippen LogP contribution is -2.52. The van der Waals surface area contributed by atoms with Crippen LogP contribution in [0.4, 0.5) is 0 Å². The minimum absolute atomic E-state index is 0.118. The van der Waals surface area contributed by atoms with Crippen molar-refractivity contribution < 1.29 is 14.3 Å². The fourth-order valence-electron chi connectivity index (χ4n) is 3.90. The summed E-state index contributed by atoms with van der Waals surface area (Å²) in [5.74, 6) is 1.38. The van der Waals surface area contributed by atoms with Crippen LogP contribution >= 0.6 is 0 Å². The van der Waals surface area contributed by atoms with E-state index in [4.69, 9.17) is 9.47 Å². The maximum atomic E-state index is 12.2. The number of rotatable bonds is 3. The van der Waals surface area contributed by atoms with Crippen molar-refractivity contribution in [2.75, 3.05) is 19.7 Å².